The van der Waals surface area contributed by atoms with Crippen LogP contribution in [0.1, 0.15) is 46.6 Å². The van der Waals surface area contributed by atoms with Crippen LogP contribution < -0.4 is 10.6 Å². The van der Waals surface area contributed by atoms with Gasteiger partial charge in [0, 0.05) is 17.8 Å². The molecule has 3 rings (SSSR count). The molecule has 8 heteroatoms. The Bertz CT molecular complexity index is 1270. The van der Waals surface area contributed by atoms with Crippen LogP contribution in [-0.2, 0) is 20.9 Å². The molecule has 0 aliphatic heterocycles. The molecule has 1 aromatic heterocycles. The second kappa shape index (κ2) is 11.8. The van der Waals surface area contributed by atoms with Crippen LogP contribution in [0.25, 0.3) is 0 Å². The molecule has 1 heterocycles. The zero-order valence-corrected chi connectivity index (χ0v) is 20.9. The predicted molar refractivity (Wildman–Crippen MR) is 136 cm³/mol. The highest BCUT2D eigenvalue weighted by Crippen LogP contribution is 2.27. The van der Waals surface area contributed by atoms with Crippen LogP contribution in [-0.4, -0.2) is 35.0 Å². The zero-order valence-electron chi connectivity index (χ0n) is 20.9. The highest BCUT2D eigenvalue weighted by atomic mass is 16.5. The summed E-state index contributed by atoms with van der Waals surface area (Å²) in [5.41, 5.74) is 3.41. The van der Waals surface area contributed by atoms with E-state index in [0.717, 1.165) is 16.8 Å². The van der Waals surface area contributed by atoms with Gasteiger partial charge in [-0.3, -0.25) is 9.59 Å². The van der Waals surface area contributed by atoms with Gasteiger partial charge in [0.15, 0.2) is 6.61 Å². The van der Waals surface area contributed by atoms with Crippen molar-refractivity contribution >= 4 is 23.6 Å². The van der Waals surface area contributed by atoms with Crippen molar-refractivity contribution in [3.05, 3.63) is 88.6 Å². The van der Waals surface area contributed by atoms with Crippen LogP contribution in [0.2, 0.25) is 0 Å². The number of hydrogen-bond donors (Lipinski definition) is 2. The minimum atomic E-state index is -0.924. The summed E-state index contributed by atoms with van der Waals surface area (Å²) in [5.74, 6) is -1.60. The lowest BCUT2D eigenvalue weighted by molar-refractivity contribution is -0.150. The molecule has 36 heavy (non-hydrogen) atoms. The van der Waals surface area contributed by atoms with Crippen molar-refractivity contribution < 1.29 is 19.1 Å². The summed E-state index contributed by atoms with van der Waals surface area (Å²) in [6, 6.07) is 19.5. The molecule has 0 fully saturated rings. The van der Waals surface area contributed by atoms with Crippen molar-refractivity contribution in [3.63, 3.8) is 0 Å². The fraction of sp³-hybridized carbons (Fsp3) is 0.286. The number of carbonyl (C=O) groups excluding carboxylic acids is 3. The van der Waals surface area contributed by atoms with E-state index in [1.54, 1.807) is 44.2 Å². The Labute approximate surface area is 210 Å². The topological polar surface area (TPSA) is 113 Å². The summed E-state index contributed by atoms with van der Waals surface area (Å²) in [7, 11) is 0. The maximum atomic E-state index is 12.7. The zero-order chi connectivity index (χ0) is 26.2. The molecule has 0 aliphatic rings. The molecule has 0 spiro atoms. The van der Waals surface area contributed by atoms with Gasteiger partial charge in [-0.2, -0.15) is 5.26 Å². The molecule has 0 bridgehead atoms. The van der Waals surface area contributed by atoms with Gasteiger partial charge in [0.2, 0.25) is 0 Å². The fourth-order valence-corrected chi connectivity index (χ4v) is 3.80. The molecule has 0 radical (unpaired) electrons. The summed E-state index contributed by atoms with van der Waals surface area (Å²) in [6.07, 6.45) is 0. The van der Waals surface area contributed by atoms with Gasteiger partial charge in [-0.05, 0) is 43.0 Å². The Morgan fingerprint density at radius 2 is 1.61 bits per heavy atom. The number of amides is 2. The van der Waals surface area contributed by atoms with E-state index in [2.05, 4.69) is 16.7 Å². The molecular formula is C28H30N4O4. The minimum absolute atomic E-state index is 0.258. The molecule has 0 aliphatic carbocycles. The first-order valence-electron chi connectivity index (χ1n) is 11.7. The number of nitriles is 1. The number of aromatic nitrogens is 1. The van der Waals surface area contributed by atoms with Crippen molar-refractivity contribution in [1.29, 1.82) is 5.26 Å². The van der Waals surface area contributed by atoms with Gasteiger partial charge in [0.05, 0.1) is 5.56 Å². The molecule has 2 amide bonds. The van der Waals surface area contributed by atoms with E-state index in [4.69, 9.17) is 4.74 Å². The number of esters is 1. The molecule has 0 unspecified atom stereocenters. The molecule has 2 N–H and O–H groups in total. The third kappa shape index (κ3) is 6.19. The van der Waals surface area contributed by atoms with Crippen LogP contribution in [0.4, 0.5) is 5.82 Å². The maximum Gasteiger partial charge on any atom is 0.329 e. The van der Waals surface area contributed by atoms with E-state index >= 15 is 0 Å². The van der Waals surface area contributed by atoms with Crippen LogP contribution >= 0.6 is 0 Å². The van der Waals surface area contributed by atoms with Crippen LogP contribution in [0.15, 0.2) is 60.7 Å². The van der Waals surface area contributed by atoms with Crippen molar-refractivity contribution in [3.8, 4) is 6.07 Å². The lowest BCUT2D eigenvalue weighted by Crippen LogP contribution is -2.46. The smallest absolute Gasteiger partial charge is 0.329 e. The Hall–Kier alpha value is -4.38. The number of hydrogen-bond acceptors (Lipinski definition) is 5. The first kappa shape index (κ1) is 26.2. The van der Waals surface area contributed by atoms with Crippen LogP contribution in [0.3, 0.4) is 0 Å². The van der Waals surface area contributed by atoms with Gasteiger partial charge in [-0.15, -0.1) is 0 Å². The van der Waals surface area contributed by atoms with E-state index in [0.29, 0.717) is 23.5 Å². The summed E-state index contributed by atoms with van der Waals surface area (Å²) in [6.45, 7) is 7.18. The van der Waals surface area contributed by atoms with Crippen molar-refractivity contribution in [2.24, 2.45) is 5.92 Å². The highest BCUT2D eigenvalue weighted by Gasteiger charge is 2.27. The van der Waals surface area contributed by atoms with Gasteiger partial charge < -0.3 is 19.9 Å². The van der Waals surface area contributed by atoms with Crippen LogP contribution in [0, 0.1) is 31.1 Å². The molecule has 186 valence electrons. The van der Waals surface area contributed by atoms with Gasteiger partial charge in [-0.1, -0.05) is 62.4 Å². The van der Waals surface area contributed by atoms with Crippen molar-refractivity contribution in [2.75, 3.05) is 11.9 Å². The molecule has 2 aromatic carbocycles. The van der Waals surface area contributed by atoms with Crippen LogP contribution in [0.5, 0.6) is 0 Å². The fourth-order valence-electron chi connectivity index (χ4n) is 3.80. The van der Waals surface area contributed by atoms with E-state index in [1.165, 1.54) is 0 Å². The van der Waals surface area contributed by atoms with Gasteiger partial charge in [0.1, 0.15) is 17.9 Å². The predicted octanol–water partition coefficient (Wildman–Crippen LogP) is 3.96. The number of anilines is 1. The SMILES string of the molecule is Cc1c(C#N)c(NC(=O)COC(=O)[C@@H](NC(=O)c2ccccc2)C(C)C)n(Cc2ccccc2)c1C. The standard InChI is InChI=1S/C28H30N4O4/c1-18(2)25(31-27(34)22-13-9-6-10-14-22)28(35)36-17-24(33)30-26-23(15-29)19(3)20(4)32(26)16-21-11-7-5-8-12-21/h5-14,18,25H,16-17H2,1-4H3,(H,30,33)(H,31,34)/t25-/m0/s1. The molecule has 8 nitrogen and oxygen atoms in total. The number of rotatable bonds is 9. The quantitative estimate of drug-likeness (QED) is 0.445. The summed E-state index contributed by atoms with van der Waals surface area (Å²) >= 11 is 0. The number of carbonyl (C=O) groups is 3. The second-order valence-electron chi connectivity index (χ2n) is 8.83. The second-order valence-corrected chi connectivity index (χ2v) is 8.83. The Kier molecular flexibility index (Phi) is 8.63. The third-order valence-corrected chi connectivity index (χ3v) is 5.97. The summed E-state index contributed by atoms with van der Waals surface area (Å²) < 4.78 is 7.11. The molecular weight excluding hydrogens is 456 g/mol. The summed E-state index contributed by atoms with van der Waals surface area (Å²) in [5, 5.41) is 15.1. The Balaban J connectivity index is 1.69. The van der Waals surface area contributed by atoms with E-state index in [1.807, 2.05) is 48.7 Å². The molecule has 1 atom stereocenters. The first-order valence-corrected chi connectivity index (χ1v) is 11.7. The van der Waals surface area contributed by atoms with Gasteiger partial charge in [0.25, 0.3) is 11.8 Å². The minimum Gasteiger partial charge on any atom is -0.454 e. The summed E-state index contributed by atoms with van der Waals surface area (Å²) in [4.78, 5) is 38.0. The van der Waals surface area contributed by atoms with E-state index in [-0.39, 0.29) is 5.92 Å². The van der Waals surface area contributed by atoms with E-state index < -0.39 is 30.4 Å². The number of ether oxygens (including phenoxy) is 1. The molecule has 0 saturated carbocycles. The van der Waals surface area contributed by atoms with E-state index in [9.17, 15) is 19.6 Å². The highest BCUT2D eigenvalue weighted by molar-refractivity contribution is 5.97. The average molecular weight is 487 g/mol. The van der Waals surface area contributed by atoms with Gasteiger partial charge >= 0.3 is 5.97 Å². The normalized spacial score (nSPS) is 11.4. The Morgan fingerprint density at radius 1 is 1.00 bits per heavy atom. The molecule has 0 saturated heterocycles. The number of nitrogens with one attached hydrogen (secondary N) is 2. The monoisotopic (exact) mass is 486 g/mol. The lowest BCUT2D eigenvalue weighted by atomic mass is 10.0. The molecule has 3 aromatic rings. The maximum absolute atomic E-state index is 12.7. The Morgan fingerprint density at radius 3 is 2.19 bits per heavy atom. The number of benzene rings is 2. The van der Waals surface area contributed by atoms with Crippen molar-refractivity contribution in [2.45, 2.75) is 40.3 Å². The average Bonchev–Trinajstić information content (AvgIpc) is 3.10. The van der Waals surface area contributed by atoms with Crippen molar-refractivity contribution in [1.82, 2.24) is 9.88 Å². The number of nitrogens with zero attached hydrogens (tertiary/aromatic N) is 2. The third-order valence-electron chi connectivity index (χ3n) is 5.97. The lowest BCUT2D eigenvalue weighted by Gasteiger charge is -2.21. The first-order chi connectivity index (χ1) is 17.2. The van der Waals surface area contributed by atoms with Gasteiger partial charge in [-0.25, -0.2) is 4.79 Å². The largest absolute Gasteiger partial charge is 0.454 e.